The zero-order valence-corrected chi connectivity index (χ0v) is 9.93. The molecular weight excluding hydrogens is 222 g/mol. The van der Waals surface area contributed by atoms with Crippen LogP contribution in [0, 0.1) is 17.0 Å². The van der Waals surface area contributed by atoms with Crippen LogP contribution in [-0.2, 0) is 4.79 Å². The van der Waals surface area contributed by atoms with Gasteiger partial charge in [0.15, 0.2) is 5.75 Å². The molecule has 0 bridgehead atoms. The standard InChI is InChI=1S/C12H15NO4/c1-9-5-6-12(11(8-9)13(15)16)17-7-3-4-10(2)14/h5-6,8H,3-4,7H2,1-2H3. The number of nitrogens with zero attached hydrogens (tertiary/aromatic N) is 1. The van der Waals surface area contributed by atoms with Crippen molar-refractivity contribution in [1.29, 1.82) is 0 Å². The van der Waals surface area contributed by atoms with Crippen molar-refractivity contribution in [3.8, 4) is 5.75 Å². The van der Waals surface area contributed by atoms with Crippen molar-refractivity contribution in [3.05, 3.63) is 33.9 Å². The molecule has 0 fully saturated rings. The van der Waals surface area contributed by atoms with Crippen molar-refractivity contribution in [2.75, 3.05) is 6.61 Å². The number of rotatable bonds is 6. The topological polar surface area (TPSA) is 69.4 Å². The summed E-state index contributed by atoms with van der Waals surface area (Å²) in [6, 6.07) is 4.81. The van der Waals surface area contributed by atoms with E-state index in [1.165, 1.54) is 13.0 Å². The number of ketones is 1. The van der Waals surface area contributed by atoms with E-state index < -0.39 is 4.92 Å². The lowest BCUT2D eigenvalue weighted by molar-refractivity contribution is -0.385. The van der Waals surface area contributed by atoms with Gasteiger partial charge in [0.25, 0.3) is 0 Å². The summed E-state index contributed by atoms with van der Waals surface area (Å²) in [5.41, 5.74) is 0.778. The number of nitro benzene ring substituents is 1. The second-order valence-corrected chi connectivity index (χ2v) is 3.88. The normalized spacial score (nSPS) is 10.0. The lowest BCUT2D eigenvalue weighted by atomic mass is 10.2. The Morgan fingerprint density at radius 3 is 2.76 bits per heavy atom. The zero-order valence-electron chi connectivity index (χ0n) is 9.93. The fraction of sp³-hybridized carbons (Fsp3) is 0.417. The van der Waals surface area contributed by atoms with E-state index in [9.17, 15) is 14.9 Å². The van der Waals surface area contributed by atoms with Gasteiger partial charge in [-0.1, -0.05) is 6.07 Å². The van der Waals surface area contributed by atoms with E-state index in [4.69, 9.17) is 4.74 Å². The number of carbonyl (C=O) groups is 1. The molecule has 0 amide bonds. The van der Waals surface area contributed by atoms with Gasteiger partial charge in [-0.3, -0.25) is 10.1 Å². The molecule has 5 heteroatoms. The van der Waals surface area contributed by atoms with Gasteiger partial charge in [0, 0.05) is 12.5 Å². The first-order valence-electron chi connectivity index (χ1n) is 5.38. The molecule has 0 aliphatic heterocycles. The molecule has 0 saturated carbocycles. The molecule has 92 valence electrons. The summed E-state index contributed by atoms with van der Waals surface area (Å²) in [4.78, 5) is 21.0. The maximum atomic E-state index is 10.8. The van der Waals surface area contributed by atoms with Crippen LogP contribution in [0.15, 0.2) is 18.2 Å². The van der Waals surface area contributed by atoms with Crippen LogP contribution in [0.25, 0.3) is 0 Å². The predicted octanol–water partition coefficient (Wildman–Crippen LogP) is 2.65. The smallest absolute Gasteiger partial charge is 0.311 e. The number of benzene rings is 1. The Morgan fingerprint density at radius 1 is 1.47 bits per heavy atom. The van der Waals surface area contributed by atoms with E-state index in [0.717, 1.165) is 5.56 Å². The number of hydrogen-bond acceptors (Lipinski definition) is 4. The van der Waals surface area contributed by atoms with Crippen LogP contribution in [0.5, 0.6) is 5.75 Å². The molecule has 5 nitrogen and oxygen atoms in total. The van der Waals surface area contributed by atoms with Crippen molar-refractivity contribution in [3.63, 3.8) is 0 Å². The van der Waals surface area contributed by atoms with Gasteiger partial charge in [-0.25, -0.2) is 0 Å². The lowest BCUT2D eigenvalue weighted by Crippen LogP contribution is -2.02. The van der Waals surface area contributed by atoms with E-state index >= 15 is 0 Å². The molecule has 0 unspecified atom stereocenters. The quantitative estimate of drug-likeness (QED) is 0.433. The van der Waals surface area contributed by atoms with Crippen LogP contribution in [0.4, 0.5) is 5.69 Å². The molecule has 0 atom stereocenters. The predicted molar refractivity (Wildman–Crippen MR) is 63.2 cm³/mol. The van der Waals surface area contributed by atoms with E-state index in [0.29, 0.717) is 19.4 Å². The number of carbonyl (C=O) groups excluding carboxylic acids is 1. The molecule has 0 heterocycles. The molecule has 0 saturated heterocycles. The lowest BCUT2D eigenvalue weighted by Gasteiger charge is -2.06. The largest absolute Gasteiger partial charge is 0.487 e. The summed E-state index contributed by atoms with van der Waals surface area (Å²) in [6.45, 7) is 3.60. The van der Waals surface area contributed by atoms with Gasteiger partial charge in [-0.2, -0.15) is 0 Å². The van der Waals surface area contributed by atoms with Gasteiger partial charge in [-0.05, 0) is 31.9 Å². The number of aryl methyl sites for hydroxylation is 1. The van der Waals surface area contributed by atoms with E-state index in [1.807, 2.05) is 0 Å². The highest BCUT2D eigenvalue weighted by Gasteiger charge is 2.14. The fourth-order valence-corrected chi connectivity index (χ4v) is 1.40. The number of hydrogen-bond donors (Lipinski definition) is 0. The van der Waals surface area contributed by atoms with Crippen LogP contribution >= 0.6 is 0 Å². The van der Waals surface area contributed by atoms with Crippen LogP contribution in [0.3, 0.4) is 0 Å². The molecule has 0 spiro atoms. The molecular formula is C12H15NO4. The van der Waals surface area contributed by atoms with Gasteiger partial charge < -0.3 is 9.53 Å². The number of ether oxygens (including phenoxy) is 1. The summed E-state index contributed by atoms with van der Waals surface area (Å²) in [5.74, 6) is 0.344. The third-order valence-corrected chi connectivity index (χ3v) is 2.24. The zero-order chi connectivity index (χ0) is 12.8. The first kappa shape index (κ1) is 13.2. The molecule has 1 aromatic rings. The Kier molecular flexibility index (Phi) is 4.63. The number of nitro groups is 1. The highest BCUT2D eigenvalue weighted by atomic mass is 16.6. The second kappa shape index (κ2) is 5.98. The molecule has 1 aromatic carbocycles. The van der Waals surface area contributed by atoms with Crippen molar-refractivity contribution in [1.82, 2.24) is 0 Å². The molecule has 0 aliphatic carbocycles. The maximum absolute atomic E-state index is 10.8. The van der Waals surface area contributed by atoms with Gasteiger partial charge in [0.1, 0.15) is 5.78 Å². The summed E-state index contributed by atoms with van der Waals surface area (Å²) >= 11 is 0. The first-order chi connectivity index (χ1) is 8.00. The van der Waals surface area contributed by atoms with Crippen molar-refractivity contribution in [2.45, 2.75) is 26.7 Å². The van der Waals surface area contributed by atoms with Gasteiger partial charge in [-0.15, -0.1) is 0 Å². The van der Waals surface area contributed by atoms with Crippen LogP contribution in [0.1, 0.15) is 25.3 Å². The molecule has 0 aromatic heterocycles. The number of Topliss-reactive ketones (excluding diaryl/α,β-unsaturated/α-hetero) is 1. The fourth-order valence-electron chi connectivity index (χ4n) is 1.40. The maximum Gasteiger partial charge on any atom is 0.311 e. The Labute approximate surface area is 99.5 Å². The van der Waals surface area contributed by atoms with E-state index in [1.54, 1.807) is 19.1 Å². The molecule has 0 aliphatic rings. The van der Waals surface area contributed by atoms with Crippen molar-refractivity contribution >= 4 is 11.5 Å². The minimum absolute atomic E-state index is 0.0344. The molecule has 0 N–H and O–H groups in total. The van der Waals surface area contributed by atoms with Crippen molar-refractivity contribution in [2.24, 2.45) is 0 Å². The first-order valence-corrected chi connectivity index (χ1v) is 5.38. The summed E-state index contributed by atoms with van der Waals surface area (Å²) in [7, 11) is 0. The van der Waals surface area contributed by atoms with E-state index in [-0.39, 0.29) is 17.2 Å². The Morgan fingerprint density at radius 2 is 2.18 bits per heavy atom. The summed E-state index contributed by atoms with van der Waals surface area (Å²) in [6.07, 6.45) is 1.00. The average molecular weight is 237 g/mol. The molecule has 17 heavy (non-hydrogen) atoms. The Hall–Kier alpha value is -1.91. The van der Waals surface area contributed by atoms with E-state index in [2.05, 4.69) is 0 Å². The minimum Gasteiger partial charge on any atom is -0.487 e. The Balaban J connectivity index is 2.64. The summed E-state index contributed by atoms with van der Waals surface area (Å²) in [5, 5.41) is 10.8. The highest BCUT2D eigenvalue weighted by molar-refractivity contribution is 5.75. The van der Waals surface area contributed by atoms with Crippen molar-refractivity contribution < 1.29 is 14.5 Å². The Bertz CT molecular complexity index is 429. The van der Waals surface area contributed by atoms with Gasteiger partial charge in [0.05, 0.1) is 11.5 Å². The third-order valence-electron chi connectivity index (χ3n) is 2.24. The van der Waals surface area contributed by atoms with Gasteiger partial charge >= 0.3 is 5.69 Å². The molecule has 1 rings (SSSR count). The highest BCUT2D eigenvalue weighted by Crippen LogP contribution is 2.27. The third kappa shape index (κ3) is 4.22. The SMILES string of the molecule is CC(=O)CCCOc1ccc(C)cc1[N+](=O)[O-]. The van der Waals surface area contributed by atoms with Crippen LogP contribution < -0.4 is 4.74 Å². The molecule has 0 radical (unpaired) electrons. The van der Waals surface area contributed by atoms with Gasteiger partial charge in [0.2, 0.25) is 0 Å². The summed E-state index contributed by atoms with van der Waals surface area (Å²) < 4.78 is 5.31. The average Bonchev–Trinajstić information content (AvgIpc) is 2.25. The monoisotopic (exact) mass is 237 g/mol. The van der Waals surface area contributed by atoms with Crippen LogP contribution in [-0.4, -0.2) is 17.3 Å². The van der Waals surface area contributed by atoms with Crippen LogP contribution in [0.2, 0.25) is 0 Å². The minimum atomic E-state index is -0.465. The second-order valence-electron chi connectivity index (χ2n) is 3.88.